The van der Waals surface area contributed by atoms with Gasteiger partial charge in [0.25, 0.3) is 0 Å². The largest absolute Gasteiger partial charge is 0.313 e. The molecule has 0 aliphatic heterocycles. The minimum absolute atomic E-state index is 0.576. The van der Waals surface area contributed by atoms with Crippen LogP contribution in [0.1, 0.15) is 58.8 Å². The molecule has 0 aromatic carbocycles. The lowest BCUT2D eigenvalue weighted by molar-refractivity contribution is 0.360. The predicted octanol–water partition coefficient (Wildman–Crippen LogP) is 3.83. The average molecular weight is 241 g/mol. The summed E-state index contributed by atoms with van der Waals surface area (Å²) in [5.41, 5.74) is 0.583. The minimum Gasteiger partial charge on any atom is -0.313 e. The molecular weight excluding hydrogens is 214 g/mol. The number of rotatable bonds is 4. The zero-order chi connectivity index (χ0) is 11.6. The van der Waals surface area contributed by atoms with Crippen molar-refractivity contribution in [1.29, 1.82) is 0 Å². The van der Waals surface area contributed by atoms with Crippen molar-refractivity contribution in [1.82, 2.24) is 5.32 Å². The Morgan fingerprint density at radius 1 is 1.19 bits per heavy atom. The zero-order valence-corrected chi connectivity index (χ0v) is 12.0. The zero-order valence-electron chi connectivity index (χ0n) is 11.1. The summed E-state index contributed by atoms with van der Waals surface area (Å²) in [6, 6.07) is 0.791. The van der Waals surface area contributed by atoms with Crippen LogP contribution in [0.2, 0.25) is 0 Å². The second kappa shape index (κ2) is 4.89. The van der Waals surface area contributed by atoms with E-state index in [0.717, 1.165) is 6.04 Å². The second-order valence-corrected chi connectivity index (χ2v) is 7.85. The molecule has 2 rings (SSSR count). The minimum atomic E-state index is 0.576. The maximum Gasteiger partial charge on any atom is 0.0281 e. The first-order valence-corrected chi connectivity index (χ1v) is 8.06. The van der Waals surface area contributed by atoms with E-state index in [1.165, 1.54) is 51.5 Å². The molecule has 0 aromatic heterocycles. The van der Waals surface area contributed by atoms with Crippen LogP contribution in [-0.2, 0) is 0 Å². The molecule has 2 saturated carbocycles. The Morgan fingerprint density at radius 3 is 2.38 bits per heavy atom. The van der Waals surface area contributed by atoms with Crippen LogP contribution in [0.15, 0.2) is 0 Å². The van der Waals surface area contributed by atoms with Crippen molar-refractivity contribution in [2.45, 2.75) is 69.6 Å². The molecule has 0 saturated heterocycles. The van der Waals surface area contributed by atoms with Gasteiger partial charge < -0.3 is 5.32 Å². The summed E-state index contributed by atoms with van der Waals surface area (Å²) in [4.78, 5) is 0. The third-order valence-electron chi connectivity index (χ3n) is 4.63. The van der Waals surface area contributed by atoms with Gasteiger partial charge in [0, 0.05) is 17.3 Å². The first-order valence-electron chi connectivity index (χ1n) is 6.84. The summed E-state index contributed by atoms with van der Waals surface area (Å²) >= 11 is 2.10. The molecule has 0 bridgehead atoms. The normalized spacial score (nSPS) is 32.1. The molecule has 16 heavy (non-hydrogen) atoms. The van der Waals surface area contributed by atoms with E-state index in [1.54, 1.807) is 0 Å². The van der Waals surface area contributed by atoms with E-state index in [2.05, 4.69) is 37.2 Å². The highest BCUT2D eigenvalue weighted by Gasteiger charge is 2.35. The first kappa shape index (κ1) is 12.8. The highest BCUT2D eigenvalue weighted by Crippen LogP contribution is 2.41. The topological polar surface area (TPSA) is 12.0 Å². The van der Waals surface area contributed by atoms with Crippen LogP contribution in [0, 0.1) is 5.41 Å². The number of nitrogens with one attached hydrogen (secondary N) is 1. The van der Waals surface area contributed by atoms with E-state index in [4.69, 9.17) is 0 Å². The predicted molar refractivity (Wildman–Crippen MR) is 74.1 cm³/mol. The maximum absolute atomic E-state index is 3.85. The third-order valence-corrected chi connectivity index (χ3v) is 6.05. The van der Waals surface area contributed by atoms with Crippen molar-refractivity contribution >= 4 is 11.8 Å². The Kier molecular flexibility index (Phi) is 3.90. The van der Waals surface area contributed by atoms with Crippen LogP contribution in [0.3, 0.4) is 0 Å². The molecule has 0 aromatic rings. The average Bonchev–Trinajstić information content (AvgIpc) is 2.83. The van der Waals surface area contributed by atoms with Crippen LogP contribution in [0.5, 0.6) is 0 Å². The molecule has 1 atom stereocenters. The molecule has 0 amide bonds. The van der Waals surface area contributed by atoms with Gasteiger partial charge in [-0.3, -0.25) is 0 Å². The van der Waals surface area contributed by atoms with Crippen LogP contribution >= 0.6 is 11.8 Å². The SMILES string of the molecule is CSC1(CNC2CCC(C)(C)C2)CCCC1. The van der Waals surface area contributed by atoms with E-state index in [0.29, 0.717) is 10.2 Å². The van der Waals surface area contributed by atoms with Crippen LogP contribution < -0.4 is 5.32 Å². The van der Waals surface area contributed by atoms with Gasteiger partial charge in [-0.1, -0.05) is 26.7 Å². The molecule has 1 unspecified atom stereocenters. The van der Waals surface area contributed by atoms with Crippen molar-refractivity contribution in [3.63, 3.8) is 0 Å². The standard InChI is InChI=1S/C14H27NS/c1-13(2)9-6-12(10-13)15-11-14(16-3)7-4-5-8-14/h12,15H,4-11H2,1-3H3. The molecule has 0 spiro atoms. The van der Waals surface area contributed by atoms with Crippen molar-refractivity contribution in [2.75, 3.05) is 12.8 Å². The molecule has 1 nitrogen and oxygen atoms in total. The molecule has 2 aliphatic carbocycles. The molecule has 94 valence electrons. The lowest BCUT2D eigenvalue weighted by atomic mass is 9.92. The van der Waals surface area contributed by atoms with Crippen LogP contribution in [-0.4, -0.2) is 23.6 Å². The summed E-state index contributed by atoms with van der Waals surface area (Å²) in [5, 5.41) is 3.85. The summed E-state index contributed by atoms with van der Waals surface area (Å²) in [5.74, 6) is 0. The third kappa shape index (κ3) is 2.95. The van der Waals surface area contributed by atoms with E-state index < -0.39 is 0 Å². The highest BCUT2D eigenvalue weighted by atomic mass is 32.2. The molecule has 0 radical (unpaired) electrons. The quantitative estimate of drug-likeness (QED) is 0.803. The van der Waals surface area contributed by atoms with Gasteiger partial charge in [-0.25, -0.2) is 0 Å². The lowest BCUT2D eigenvalue weighted by Crippen LogP contribution is -2.40. The first-order chi connectivity index (χ1) is 7.55. The van der Waals surface area contributed by atoms with Crippen molar-refractivity contribution < 1.29 is 0 Å². The Hall–Kier alpha value is 0.310. The highest BCUT2D eigenvalue weighted by molar-refractivity contribution is 8.00. The van der Waals surface area contributed by atoms with E-state index in [1.807, 2.05) is 0 Å². The van der Waals surface area contributed by atoms with E-state index in [9.17, 15) is 0 Å². The van der Waals surface area contributed by atoms with Gasteiger partial charge in [-0.2, -0.15) is 11.8 Å². The fourth-order valence-electron chi connectivity index (χ4n) is 3.41. The molecular formula is C14H27NS. The molecule has 2 heteroatoms. The Balaban J connectivity index is 1.79. The van der Waals surface area contributed by atoms with E-state index in [-0.39, 0.29) is 0 Å². The monoisotopic (exact) mass is 241 g/mol. The summed E-state index contributed by atoms with van der Waals surface area (Å²) in [6.07, 6.45) is 12.2. The smallest absolute Gasteiger partial charge is 0.0281 e. The summed E-state index contributed by atoms with van der Waals surface area (Å²) in [7, 11) is 0. The molecule has 2 fully saturated rings. The van der Waals surface area contributed by atoms with Gasteiger partial charge in [-0.05, 0) is 43.8 Å². The van der Waals surface area contributed by atoms with Gasteiger partial charge >= 0.3 is 0 Å². The van der Waals surface area contributed by atoms with Crippen LogP contribution in [0.25, 0.3) is 0 Å². The second-order valence-electron chi connectivity index (χ2n) is 6.58. The van der Waals surface area contributed by atoms with Crippen molar-refractivity contribution in [2.24, 2.45) is 5.41 Å². The van der Waals surface area contributed by atoms with Gasteiger partial charge in [0.05, 0.1) is 0 Å². The fraction of sp³-hybridized carbons (Fsp3) is 1.00. The molecule has 2 aliphatic rings. The van der Waals surface area contributed by atoms with Gasteiger partial charge in [0.2, 0.25) is 0 Å². The van der Waals surface area contributed by atoms with Gasteiger partial charge in [0.15, 0.2) is 0 Å². The molecule has 0 heterocycles. The number of hydrogen-bond donors (Lipinski definition) is 1. The van der Waals surface area contributed by atoms with Crippen molar-refractivity contribution in [3.8, 4) is 0 Å². The number of thioether (sulfide) groups is 1. The summed E-state index contributed by atoms with van der Waals surface area (Å²) in [6.45, 7) is 6.07. The van der Waals surface area contributed by atoms with Gasteiger partial charge in [0.1, 0.15) is 0 Å². The number of hydrogen-bond acceptors (Lipinski definition) is 2. The van der Waals surface area contributed by atoms with Crippen LogP contribution in [0.4, 0.5) is 0 Å². The Morgan fingerprint density at radius 2 is 1.88 bits per heavy atom. The van der Waals surface area contributed by atoms with E-state index >= 15 is 0 Å². The Bertz CT molecular complexity index is 231. The van der Waals surface area contributed by atoms with Gasteiger partial charge in [-0.15, -0.1) is 0 Å². The lowest BCUT2D eigenvalue weighted by Gasteiger charge is -2.29. The summed E-state index contributed by atoms with van der Waals surface area (Å²) < 4.78 is 0.576. The van der Waals surface area contributed by atoms with Crippen molar-refractivity contribution in [3.05, 3.63) is 0 Å². The Labute approximate surface area is 105 Å². The fourth-order valence-corrected chi connectivity index (χ4v) is 4.34. The maximum atomic E-state index is 3.85. The molecule has 1 N–H and O–H groups in total.